The van der Waals surface area contributed by atoms with Crippen LogP contribution in [0.15, 0.2) is 6.20 Å². The molecule has 2 rings (SSSR count). The Morgan fingerprint density at radius 2 is 2.29 bits per heavy atom. The minimum absolute atomic E-state index is 0. The van der Waals surface area contributed by atoms with E-state index in [0.717, 1.165) is 24.3 Å². The van der Waals surface area contributed by atoms with Gasteiger partial charge in [0, 0.05) is 31.9 Å². The van der Waals surface area contributed by atoms with Crippen molar-refractivity contribution in [1.82, 2.24) is 20.4 Å². The first-order valence-corrected chi connectivity index (χ1v) is 5.59. The van der Waals surface area contributed by atoms with Crippen molar-refractivity contribution >= 4 is 18.3 Å². The molecule has 17 heavy (non-hydrogen) atoms. The van der Waals surface area contributed by atoms with Crippen molar-refractivity contribution in [1.29, 1.82) is 0 Å². The van der Waals surface area contributed by atoms with E-state index >= 15 is 0 Å². The number of hydrogen-bond acceptors (Lipinski definition) is 3. The van der Waals surface area contributed by atoms with Gasteiger partial charge in [0.2, 0.25) is 5.91 Å². The van der Waals surface area contributed by atoms with Crippen molar-refractivity contribution in [3.8, 4) is 0 Å². The molecule has 0 saturated carbocycles. The zero-order chi connectivity index (χ0) is 11.7. The fraction of sp³-hybridized carbons (Fsp3) is 0.636. The first-order valence-electron chi connectivity index (χ1n) is 5.59. The van der Waals surface area contributed by atoms with Gasteiger partial charge in [0.25, 0.3) is 0 Å². The normalized spacial score (nSPS) is 16.9. The lowest BCUT2D eigenvalue weighted by molar-refractivity contribution is -0.127. The largest absolute Gasteiger partial charge is 0.349 e. The van der Waals surface area contributed by atoms with E-state index < -0.39 is 0 Å². The number of hydrogen-bond donors (Lipinski definition) is 2. The van der Waals surface area contributed by atoms with Crippen LogP contribution in [0.25, 0.3) is 0 Å². The predicted molar refractivity (Wildman–Crippen MR) is 68.1 cm³/mol. The molecule has 6 heteroatoms. The van der Waals surface area contributed by atoms with E-state index in [1.54, 1.807) is 4.68 Å². The molecular weight excluding hydrogens is 240 g/mol. The quantitative estimate of drug-likeness (QED) is 0.832. The smallest absolute Gasteiger partial charge is 0.226 e. The second-order valence-electron chi connectivity index (χ2n) is 4.43. The molecule has 1 atom stereocenters. The van der Waals surface area contributed by atoms with E-state index in [9.17, 15) is 4.79 Å². The molecule has 5 nitrogen and oxygen atoms in total. The minimum Gasteiger partial charge on any atom is -0.349 e. The van der Waals surface area contributed by atoms with Crippen molar-refractivity contribution in [2.75, 3.05) is 13.1 Å². The zero-order valence-electron chi connectivity index (χ0n) is 10.4. The molecule has 1 fully saturated rings. The predicted octanol–water partition coefficient (Wildman–Crippen LogP) is 0.547. The van der Waals surface area contributed by atoms with Crippen LogP contribution in [0.2, 0.25) is 0 Å². The van der Waals surface area contributed by atoms with Crippen LogP contribution in [-0.2, 0) is 11.8 Å². The Kier molecular flexibility index (Phi) is 4.54. The number of nitrogens with zero attached hydrogens (tertiary/aromatic N) is 2. The van der Waals surface area contributed by atoms with E-state index in [1.165, 1.54) is 0 Å². The molecule has 1 saturated heterocycles. The van der Waals surface area contributed by atoms with Gasteiger partial charge in [-0.05, 0) is 13.8 Å². The molecule has 0 bridgehead atoms. The Morgan fingerprint density at radius 3 is 2.71 bits per heavy atom. The summed E-state index contributed by atoms with van der Waals surface area (Å²) in [5.74, 6) is 0.272. The summed E-state index contributed by atoms with van der Waals surface area (Å²) in [5, 5.41) is 10.4. The van der Waals surface area contributed by atoms with Gasteiger partial charge in [-0.1, -0.05) is 0 Å². The van der Waals surface area contributed by atoms with E-state index in [-0.39, 0.29) is 30.3 Å². The molecule has 0 radical (unpaired) electrons. The summed E-state index contributed by atoms with van der Waals surface area (Å²) in [4.78, 5) is 11.7. The van der Waals surface area contributed by atoms with Gasteiger partial charge in [-0.25, -0.2) is 0 Å². The van der Waals surface area contributed by atoms with Gasteiger partial charge in [0.05, 0.1) is 17.7 Å². The molecule has 2 N–H and O–H groups in total. The summed E-state index contributed by atoms with van der Waals surface area (Å²) in [6.45, 7) is 5.55. The molecule has 1 aromatic heterocycles. The first kappa shape index (κ1) is 14.0. The molecule has 1 aliphatic rings. The lowest BCUT2D eigenvalue weighted by Crippen LogP contribution is -2.51. The standard InChI is InChI=1S/C11H18N4O.ClH/c1-7(10-6-15(3)14-8(10)2)13-11(16)9-4-12-5-9;/h6-7,9,12H,4-5H2,1-3H3,(H,13,16);1H. The van der Waals surface area contributed by atoms with E-state index in [0.29, 0.717) is 0 Å². The highest BCUT2D eigenvalue weighted by Crippen LogP contribution is 2.16. The number of nitrogens with one attached hydrogen (secondary N) is 2. The first-order chi connectivity index (χ1) is 7.58. The average molecular weight is 259 g/mol. The molecule has 0 aromatic carbocycles. The van der Waals surface area contributed by atoms with Crippen LogP contribution in [0.4, 0.5) is 0 Å². The summed E-state index contributed by atoms with van der Waals surface area (Å²) in [6.07, 6.45) is 1.96. The molecule has 2 heterocycles. The molecular formula is C11H19ClN4O. The maximum atomic E-state index is 11.7. The highest BCUT2D eigenvalue weighted by molar-refractivity contribution is 5.85. The lowest BCUT2D eigenvalue weighted by Gasteiger charge is -2.27. The number of aryl methyl sites for hydroxylation is 2. The highest BCUT2D eigenvalue weighted by Gasteiger charge is 2.26. The number of halogens is 1. The van der Waals surface area contributed by atoms with Gasteiger partial charge >= 0.3 is 0 Å². The van der Waals surface area contributed by atoms with Gasteiger partial charge in [-0.3, -0.25) is 9.48 Å². The second-order valence-corrected chi connectivity index (χ2v) is 4.43. The van der Waals surface area contributed by atoms with Crippen LogP contribution in [0.1, 0.15) is 24.2 Å². The summed E-state index contributed by atoms with van der Waals surface area (Å²) in [7, 11) is 1.89. The molecule has 1 unspecified atom stereocenters. The minimum atomic E-state index is 0. The Balaban J connectivity index is 0.00000144. The van der Waals surface area contributed by atoms with E-state index in [4.69, 9.17) is 0 Å². The fourth-order valence-corrected chi connectivity index (χ4v) is 1.93. The highest BCUT2D eigenvalue weighted by atomic mass is 35.5. The molecule has 0 spiro atoms. The van der Waals surface area contributed by atoms with Crippen molar-refractivity contribution in [3.05, 3.63) is 17.5 Å². The van der Waals surface area contributed by atoms with Gasteiger partial charge in [-0.15, -0.1) is 12.4 Å². The van der Waals surface area contributed by atoms with Gasteiger partial charge in [0.15, 0.2) is 0 Å². The van der Waals surface area contributed by atoms with Crippen LogP contribution in [0.3, 0.4) is 0 Å². The molecule has 1 aliphatic heterocycles. The lowest BCUT2D eigenvalue weighted by atomic mass is 10.0. The van der Waals surface area contributed by atoms with Crippen molar-refractivity contribution in [3.63, 3.8) is 0 Å². The molecule has 1 aromatic rings. The topological polar surface area (TPSA) is 59.0 Å². The van der Waals surface area contributed by atoms with Crippen LogP contribution in [0.5, 0.6) is 0 Å². The van der Waals surface area contributed by atoms with Crippen molar-refractivity contribution in [2.45, 2.75) is 19.9 Å². The second kappa shape index (κ2) is 5.51. The number of carbonyl (C=O) groups excluding carboxylic acids is 1. The van der Waals surface area contributed by atoms with Crippen LogP contribution in [-0.4, -0.2) is 28.8 Å². The number of aromatic nitrogens is 2. The Morgan fingerprint density at radius 1 is 1.65 bits per heavy atom. The molecule has 0 aliphatic carbocycles. The SMILES string of the molecule is Cc1nn(C)cc1C(C)NC(=O)C1CNC1.Cl. The third kappa shape index (κ3) is 2.98. The van der Waals surface area contributed by atoms with Crippen molar-refractivity contribution in [2.24, 2.45) is 13.0 Å². The summed E-state index contributed by atoms with van der Waals surface area (Å²) >= 11 is 0. The summed E-state index contributed by atoms with van der Waals surface area (Å²) in [6, 6.07) is 0.0294. The maximum Gasteiger partial charge on any atom is 0.226 e. The van der Waals surface area contributed by atoms with E-state index in [2.05, 4.69) is 15.7 Å². The van der Waals surface area contributed by atoms with Gasteiger partial charge in [-0.2, -0.15) is 5.10 Å². The molecule has 96 valence electrons. The fourth-order valence-electron chi connectivity index (χ4n) is 1.93. The Hall–Kier alpha value is -1.07. The summed E-state index contributed by atoms with van der Waals surface area (Å²) < 4.78 is 1.78. The summed E-state index contributed by atoms with van der Waals surface area (Å²) in [5.41, 5.74) is 2.06. The average Bonchev–Trinajstić information content (AvgIpc) is 2.41. The molecule has 1 amide bonds. The Bertz CT molecular complexity index is 400. The number of carbonyl (C=O) groups is 1. The third-order valence-electron chi connectivity index (χ3n) is 3.03. The van der Waals surface area contributed by atoms with Gasteiger partial charge < -0.3 is 10.6 Å². The van der Waals surface area contributed by atoms with Crippen molar-refractivity contribution < 1.29 is 4.79 Å². The van der Waals surface area contributed by atoms with Gasteiger partial charge in [0.1, 0.15) is 0 Å². The van der Waals surface area contributed by atoms with E-state index in [1.807, 2.05) is 27.1 Å². The van der Waals surface area contributed by atoms with Crippen LogP contribution < -0.4 is 10.6 Å². The third-order valence-corrected chi connectivity index (χ3v) is 3.03. The number of amides is 1. The maximum absolute atomic E-state index is 11.7. The Labute approximate surface area is 107 Å². The zero-order valence-corrected chi connectivity index (χ0v) is 11.2. The monoisotopic (exact) mass is 258 g/mol. The number of rotatable bonds is 3. The van der Waals surface area contributed by atoms with Crippen LogP contribution >= 0.6 is 12.4 Å². The van der Waals surface area contributed by atoms with Crippen LogP contribution in [0, 0.1) is 12.8 Å².